The van der Waals surface area contributed by atoms with Gasteiger partial charge in [-0.2, -0.15) is 5.10 Å². The Morgan fingerprint density at radius 1 is 1.50 bits per heavy atom. The number of halogens is 2. The van der Waals surface area contributed by atoms with E-state index in [-0.39, 0.29) is 5.82 Å². The first-order chi connectivity index (χ1) is 9.65. The van der Waals surface area contributed by atoms with Gasteiger partial charge in [0.15, 0.2) is 0 Å². The molecule has 0 spiro atoms. The number of aryl methyl sites for hydroxylation is 1. The minimum Gasteiger partial charge on any atom is -0.306 e. The molecule has 0 fully saturated rings. The molecular weight excluding hydrogens is 321 g/mol. The first-order valence-electron chi connectivity index (χ1n) is 6.83. The number of nitrogens with zero attached hydrogens (tertiary/aromatic N) is 2. The lowest BCUT2D eigenvalue weighted by Crippen LogP contribution is -2.25. The van der Waals surface area contributed by atoms with Gasteiger partial charge >= 0.3 is 0 Å². The summed E-state index contributed by atoms with van der Waals surface area (Å²) in [6.45, 7) is 0.650. The first kappa shape index (κ1) is 13.8. The molecule has 1 aliphatic rings. The second-order valence-corrected chi connectivity index (χ2v) is 6.09. The summed E-state index contributed by atoms with van der Waals surface area (Å²) in [6.07, 6.45) is 5.31. The van der Waals surface area contributed by atoms with E-state index in [0.717, 1.165) is 29.3 Å². The molecule has 1 N–H and O–H groups in total. The number of hydrogen-bond acceptors (Lipinski definition) is 2. The van der Waals surface area contributed by atoms with Crippen LogP contribution in [0, 0.1) is 5.82 Å². The number of nitrogens with one attached hydrogen (secondary N) is 1. The van der Waals surface area contributed by atoms with Crippen LogP contribution in [0.25, 0.3) is 0 Å². The van der Waals surface area contributed by atoms with Gasteiger partial charge in [0.05, 0.1) is 6.20 Å². The summed E-state index contributed by atoms with van der Waals surface area (Å²) in [4.78, 5) is 0. The molecule has 3 rings (SSSR count). The van der Waals surface area contributed by atoms with E-state index in [1.54, 1.807) is 12.1 Å². The standard InChI is InChI=1S/C15H17BrFN3/c1-20-15-4-2-3-14(12(15)9-19-20)18-8-10-7-11(17)5-6-13(10)16/h5-7,9,14,18H,2-4,8H2,1H3. The second-order valence-electron chi connectivity index (χ2n) is 5.23. The Morgan fingerprint density at radius 3 is 3.20 bits per heavy atom. The summed E-state index contributed by atoms with van der Waals surface area (Å²) in [5.74, 6) is -0.198. The van der Waals surface area contributed by atoms with E-state index < -0.39 is 0 Å². The number of fused-ring (bicyclic) bond motifs is 1. The van der Waals surface area contributed by atoms with Crippen molar-refractivity contribution in [3.63, 3.8) is 0 Å². The molecule has 1 atom stereocenters. The minimum atomic E-state index is -0.198. The molecule has 1 aliphatic carbocycles. The van der Waals surface area contributed by atoms with Crippen molar-refractivity contribution in [1.29, 1.82) is 0 Å². The van der Waals surface area contributed by atoms with Gasteiger partial charge in [-0.1, -0.05) is 15.9 Å². The zero-order valence-electron chi connectivity index (χ0n) is 11.4. The average Bonchev–Trinajstić information content (AvgIpc) is 2.82. The molecule has 0 radical (unpaired) electrons. The van der Waals surface area contributed by atoms with Gasteiger partial charge in [0.1, 0.15) is 5.82 Å². The monoisotopic (exact) mass is 337 g/mol. The van der Waals surface area contributed by atoms with E-state index in [1.807, 2.05) is 17.9 Å². The molecule has 20 heavy (non-hydrogen) atoms. The molecule has 0 bridgehead atoms. The van der Waals surface area contributed by atoms with Crippen LogP contribution in [0.2, 0.25) is 0 Å². The van der Waals surface area contributed by atoms with Crippen molar-refractivity contribution in [3.05, 3.63) is 51.5 Å². The van der Waals surface area contributed by atoms with E-state index >= 15 is 0 Å². The molecule has 2 aromatic rings. The Hall–Kier alpha value is -1.20. The van der Waals surface area contributed by atoms with Crippen LogP contribution < -0.4 is 5.32 Å². The molecule has 0 saturated carbocycles. The topological polar surface area (TPSA) is 29.9 Å². The van der Waals surface area contributed by atoms with Crippen LogP contribution in [0.15, 0.2) is 28.9 Å². The maximum Gasteiger partial charge on any atom is 0.123 e. The van der Waals surface area contributed by atoms with Gasteiger partial charge in [0.25, 0.3) is 0 Å². The van der Waals surface area contributed by atoms with E-state index in [1.165, 1.54) is 17.3 Å². The molecule has 1 unspecified atom stereocenters. The number of hydrogen-bond donors (Lipinski definition) is 1. The predicted octanol–water partition coefficient (Wildman–Crippen LogP) is 3.49. The molecule has 1 aromatic heterocycles. The lowest BCUT2D eigenvalue weighted by atomic mass is 9.93. The van der Waals surface area contributed by atoms with Crippen LogP contribution in [0.3, 0.4) is 0 Å². The van der Waals surface area contributed by atoms with Crippen molar-refractivity contribution in [1.82, 2.24) is 15.1 Å². The third kappa shape index (κ3) is 2.65. The second kappa shape index (κ2) is 5.66. The van der Waals surface area contributed by atoms with Crippen molar-refractivity contribution in [3.8, 4) is 0 Å². The van der Waals surface area contributed by atoms with Crippen LogP contribution in [-0.4, -0.2) is 9.78 Å². The Kier molecular flexibility index (Phi) is 3.89. The SMILES string of the molecule is Cn1ncc2c1CCCC2NCc1cc(F)ccc1Br. The highest BCUT2D eigenvalue weighted by Crippen LogP contribution is 2.29. The lowest BCUT2D eigenvalue weighted by molar-refractivity contribution is 0.451. The van der Waals surface area contributed by atoms with Gasteiger partial charge in [-0.3, -0.25) is 4.68 Å². The van der Waals surface area contributed by atoms with Crippen molar-refractivity contribution >= 4 is 15.9 Å². The van der Waals surface area contributed by atoms with Crippen molar-refractivity contribution < 1.29 is 4.39 Å². The molecule has 0 amide bonds. The fourth-order valence-electron chi connectivity index (χ4n) is 2.83. The number of rotatable bonds is 3. The summed E-state index contributed by atoms with van der Waals surface area (Å²) >= 11 is 3.47. The highest BCUT2D eigenvalue weighted by atomic mass is 79.9. The van der Waals surface area contributed by atoms with E-state index in [9.17, 15) is 4.39 Å². The fourth-order valence-corrected chi connectivity index (χ4v) is 3.22. The summed E-state index contributed by atoms with van der Waals surface area (Å²) in [7, 11) is 1.99. The summed E-state index contributed by atoms with van der Waals surface area (Å²) in [5, 5.41) is 7.87. The van der Waals surface area contributed by atoms with Gasteiger partial charge in [-0.05, 0) is 43.0 Å². The minimum absolute atomic E-state index is 0.198. The van der Waals surface area contributed by atoms with Crippen LogP contribution in [0.5, 0.6) is 0 Å². The van der Waals surface area contributed by atoms with Gasteiger partial charge in [-0.15, -0.1) is 0 Å². The number of benzene rings is 1. The number of aromatic nitrogens is 2. The summed E-state index contributed by atoms with van der Waals surface area (Å²) < 4.78 is 16.2. The Labute approximate surface area is 126 Å². The smallest absolute Gasteiger partial charge is 0.123 e. The van der Waals surface area contributed by atoms with Gasteiger partial charge in [0.2, 0.25) is 0 Å². The lowest BCUT2D eigenvalue weighted by Gasteiger charge is -2.24. The maximum atomic E-state index is 13.3. The summed E-state index contributed by atoms with van der Waals surface area (Å²) in [6, 6.07) is 5.10. The van der Waals surface area contributed by atoms with Crippen molar-refractivity contribution in [2.75, 3.05) is 0 Å². The molecule has 5 heteroatoms. The molecule has 0 aliphatic heterocycles. The van der Waals surface area contributed by atoms with Crippen LogP contribution >= 0.6 is 15.9 Å². The molecule has 0 saturated heterocycles. The zero-order valence-corrected chi connectivity index (χ0v) is 13.0. The molecule has 106 valence electrons. The van der Waals surface area contributed by atoms with Crippen molar-refractivity contribution in [2.24, 2.45) is 7.05 Å². The Bertz CT molecular complexity index is 624. The molecular formula is C15H17BrFN3. The zero-order chi connectivity index (χ0) is 14.1. The van der Waals surface area contributed by atoms with Crippen molar-refractivity contribution in [2.45, 2.75) is 31.8 Å². The molecule has 3 nitrogen and oxygen atoms in total. The third-order valence-corrected chi connectivity index (χ3v) is 4.70. The summed E-state index contributed by atoms with van der Waals surface area (Å²) in [5.41, 5.74) is 3.54. The van der Waals surface area contributed by atoms with E-state index in [2.05, 4.69) is 26.3 Å². The first-order valence-corrected chi connectivity index (χ1v) is 7.62. The average molecular weight is 338 g/mol. The highest BCUT2D eigenvalue weighted by Gasteiger charge is 2.23. The maximum absolute atomic E-state index is 13.3. The highest BCUT2D eigenvalue weighted by molar-refractivity contribution is 9.10. The van der Waals surface area contributed by atoms with Gasteiger partial charge < -0.3 is 5.32 Å². The van der Waals surface area contributed by atoms with Crippen LogP contribution in [0.4, 0.5) is 4.39 Å². The molecule has 1 heterocycles. The third-order valence-electron chi connectivity index (χ3n) is 3.92. The van der Waals surface area contributed by atoms with Gasteiger partial charge in [-0.25, -0.2) is 4.39 Å². The normalized spacial score (nSPS) is 18.1. The van der Waals surface area contributed by atoms with E-state index in [0.29, 0.717) is 12.6 Å². The Morgan fingerprint density at radius 2 is 2.35 bits per heavy atom. The fraction of sp³-hybridized carbons (Fsp3) is 0.400. The largest absolute Gasteiger partial charge is 0.306 e. The molecule has 1 aromatic carbocycles. The van der Waals surface area contributed by atoms with Crippen LogP contribution in [0.1, 0.15) is 35.7 Å². The predicted molar refractivity (Wildman–Crippen MR) is 79.8 cm³/mol. The van der Waals surface area contributed by atoms with Gasteiger partial charge in [0, 0.05) is 35.4 Å². The van der Waals surface area contributed by atoms with Crippen LogP contribution in [-0.2, 0) is 20.0 Å². The van der Waals surface area contributed by atoms with E-state index in [4.69, 9.17) is 0 Å². The quantitative estimate of drug-likeness (QED) is 0.929. The Balaban J connectivity index is 1.75.